The molecule has 1 heterocycles. The van der Waals surface area contributed by atoms with E-state index in [1.54, 1.807) is 6.07 Å². The van der Waals surface area contributed by atoms with E-state index in [1.165, 1.54) is 0 Å². The first kappa shape index (κ1) is 13.8. The molecule has 2 rings (SSSR count). The SMILES string of the molecule is CCc1nc(NN)cc(Nc2ccc(Br)c(C)c2)n1. The van der Waals surface area contributed by atoms with Gasteiger partial charge < -0.3 is 10.7 Å². The van der Waals surface area contributed by atoms with Crippen LogP contribution < -0.4 is 16.6 Å². The maximum Gasteiger partial charge on any atom is 0.145 e. The van der Waals surface area contributed by atoms with E-state index in [1.807, 2.05) is 32.0 Å². The molecule has 0 radical (unpaired) electrons. The summed E-state index contributed by atoms with van der Waals surface area (Å²) in [4.78, 5) is 8.67. The lowest BCUT2D eigenvalue weighted by Crippen LogP contribution is -2.11. The summed E-state index contributed by atoms with van der Waals surface area (Å²) in [7, 11) is 0. The summed E-state index contributed by atoms with van der Waals surface area (Å²) < 4.78 is 1.08. The van der Waals surface area contributed by atoms with Crippen molar-refractivity contribution in [3.8, 4) is 0 Å². The van der Waals surface area contributed by atoms with Crippen LogP contribution in [0.15, 0.2) is 28.7 Å². The lowest BCUT2D eigenvalue weighted by atomic mass is 10.2. The van der Waals surface area contributed by atoms with Crippen molar-refractivity contribution in [1.82, 2.24) is 9.97 Å². The van der Waals surface area contributed by atoms with Crippen LogP contribution in [0.3, 0.4) is 0 Å². The first-order valence-corrected chi connectivity index (χ1v) is 6.79. The molecule has 5 nitrogen and oxygen atoms in total. The second kappa shape index (κ2) is 5.99. The normalized spacial score (nSPS) is 10.3. The van der Waals surface area contributed by atoms with E-state index in [0.29, 0.717) is 5.82 Å². The minimum Gasteiger partial charge on any atom is -0.340 e. The van der Waals surface area contributed by atoms with E-state index >= 15 is 0 Å². The second-order valence-electron chi connectivity index (χ2n) is 4.14. The Bertz CT molecular complexity index is 563. The molecule has 0 aliphatic rings. The largest absolute Gasteiger partial charge is 0.340 e. The van der Waals surface area contributed by atoms with Crippen LogP contribution in [0.4, 0.5) is 17.3 Å². The summed E-state index contributed by atoms with van der Waals surface area (Å²) in [6, 6.07) is 7.81. The molecule has 0 bridgehead atoms. The molecule has 0 fully saturated rings. The number of benzene rings is 1. The molecule has 0 saturated carbocycles. The number of nitrogens with two attached hydrogens (primary N) is 1. The summed E-state index contributed by atoms with van der Waals surface area (Å²) in [5.41, 5.74) is 4.69. The molecule has 2 aromatic rings. The van der Waals surface area contributed by atoms with Gasteiger partial charge in [-0.2, -0.15) is 0 Å². The molecule has 0 atom stereocenters. The first-order valence-electron chi connectivity index (χ1n) is 6.00. The van der Waals surface area contributed by atoms with Crippen molar-refractivity contribution in [2.45, 2.75) is 20.3 Å². The number of hydrogen-bond acceptors (Lipinski definition) is 5. The Morgan fingerprint density at radius 3 is 2.58 bits per heavy atom. The smallest absolute Gasteiger partial charge is 0.145 e. The summed E-state index contributed by atoms with van der Waals surface area (Å²) in [5, 5.41) is 3.25. The molecule has 0 amide bonds. The van der Waals surface area contributed by atoms with Crippen LogP contribution in [0.5, 0.6) is 0 Å². The lowest BCUT2D eigenvalue weighted by molar-refractivity contribution is 0.941. The molecule has 0 saturated heterocycles. The minimum atomic E-state index is 0.600. The lowest BCUT2D eigenvalue weighted by Gasteiger charge is -2.10. The van der Waals surface area contributed by atoms with Gasteiger partial charge in [0.25, 0.3) is 0 Å². The van der Waals surface area contributed by atoms with Gasteiger partial charge in [0.15, 0.2) is 0 Å². The summed E-state index contributed by atoms with van der Waals surface area (Å²) in [5.74, 6) is 7.47. The van der Waals surface area contributed by atoms with Crippen molar-refractivity contribution in [3.05, 3.63) is 40.1 Å². The average Bonchev–Trinajstić information content (AvgIpc) is 2.42. The van der Waals surface area contributed by atoms with Crippen molar-refractivity contribution in [3.63, 3.8) is 0 Å². The highest BCUT2D eigenvalue weighted by Crippen LogP contribution is 2.23. The fourth-order valence-electron chi connectivity index (χ4n) is 1.66. The number of nitrogens with zero attached hydrogens (tertiary/aromatic N) is 2. The Morgan fingerprint density at radius 1 is 1.21 bits per heavy atom. The zero-order valence-electron chi connectivity index (χ0n) is 10.9. The molecule has 0 spiro atoms. The Hall–Kier alpha value is -1.66. The molecule has 4 N–H and O–H groups in total. The van der Waals surface area contributed by atoms with E-state index in [2.05, 4.69) is 36.6 Å². The van der Waals surface area contributed by atoms with Crippen LogP contribution in [-0.2, 0) is 6.42 Å². The minimum absolute atomic E-state index is 0.600. The monoisotopic (exact) mass is 321 g/mol. The number of rotatable bonds is 4. The highest BCUT2D eigenvalue weighted by molar-refractivity contribution is 9.10. The fourth-order valence-corrected chi connectivity index (χ4v) is 1.91. The quantitative estimate of drug-likeness (QED) is 0.595. The van der Waals surface area contributed by atoms with Crippen molar-refractivity contribution < 1.29 is 0 Å². The van der Waals surface area contributed by atoms with Gasteiger partial charge >= 0.3 is 0 Å². The maximum absolute atomic E-state index is 5.41. The molecule has 1 aromatic carbocycles. The number of anilines is 3. The maximum atomic E-state index is 5.41. The van der Waals surface area contributed by atoms with Gasteiger partial charge in [0.2, 0.25) is 0 Å². The van der Waals surface area contributed by atoms with E-state index in [-0.39, 0.29) is 0 Å². The van der Waals surface area contributed by atoms with E-state index < -0.39 is 0 Å². The van der Waals surface area contributed by atoms with Crippen molar-refractivity contribution in [2.24, 2.45) is 5.84 Å². The van der Waals surface area contributed by atoms with Crippen LogP contribution in [-0.4, -0.2) is 9.97 Å². The van der Waals surface area contributed by atoms with Gasteiger partial charge in [-0.1, -0.05) is 22.9 Å². The zero-order valence-corrected chi connectivity index (χ0v) is 12.5. The van der Waals surface area contributed by atoms with Gasteiger partial charge in [-0.3, -0.25) is 0 Å². The predicted molar refractivity (Wildman–Crippen MR) is 81.4 cm³/mol. The topological polar surface area (TPSA) is 75.9 Å². The fraction of sp³-hybridized carbons (Fsp3) is 0.231. The molecule has 100 valence electrons. The first-order chi connectivity index (χ1) is 9.12. The summed E-state index contributed by atoms with van der Waals surface area (Å²) >= 11 is 3.48. The molecular weight excluding hydrogens is 306 g/mol. The standard InChI is InChI=1S/C13H16BrN5/c1-3-11-17-12(7-13(18-11)19-15)16-9-4-5-10(14)8(2)6-9/h4-7H,3,15H2,1-2H3,(H2,16,17,18,19). The Labute approximate surface area is 120 Å². The third-order valence-corrected chi connectivity index (χ3v) is 3.56. The van der Waals surface area contributed by atoms with Crippen molar-refractivity contribution >= 4 is 33.3 Å². The highest BCUT2D eigenvalue weighted by Gasteiger charge is 2.04. The van der Waals surface area contributed by atoms with Gasteiger partial charge in [0, 0.05) is 22.6 Å². The summed E-state index contributed by atoms with van der Waals surface area (Å²) in [6.45, 7) is 4.04. The number of aromatic nitrogens is 2. The number of nitrogen functional groups attached to an aromatic ring is 1. The Kier molecular flexibility index (Phi) is 4.34. The van der Waals surface area contributed by atoms with Crippen molar-refractivity contribution in [1.29, 1.82) is 0 Å². The molecule has 0 aliphatic heterocycles. The highest BCUT2D eigenvalue weighted by atomic mass is 79.9. The third kappa shape index (κ3) is 3.42. The second-order valence-corrected chi connectivity index (χ2v) is 5.00. The van der Waals surface area contributed by atoms with Gasteiger partial charge in [-0.15, -0.1) is 0 Å². The predicted octanol–water partition coefficient (Wildman–Crippen LogP) is 3.14. The molecule has 0 unspecified atom stereocenters. The number of halogens is 1. The third-order valence-electron chi connectivity index (χ3n) is 2.67. The number of aryl methyl sites for hydroxylation is 2. The van der Waals surface area contributed by atoms with Crippen LogP contribution in [0.2, 0.25) is 0 Å². The van der Waals surface area contributed by atoms with E-state index in [4.69, 9.17) is 5.84 Å². The molecular formula is C13H16BrN5. The molecule has 1 aromatic heterocycles. The van der Waals surface area contributed by atoms with Crippen LogP contribution in [0.25, 0.3) is 0 Å². The van der Waals surface area contributed by atoms with Crippen LogP contribution in [0, 0.1) is 6.92 Å². The molecule has 19 heavy (non-hydrogen) atoms. The van der Waals surface area contributed by atoms with Crippen LogP contribution >= 0.6 is 15.9 Å². The number of nitrogens with one attached hydrogen (secondary N) is 2. The van der Waals surface area contributed by atoms with Gasteiger partial charge in [-0.25, -0.2) is 15.8 Å². The van der Waals surface area contributed by atoms with Gasteiger partial charge in [0.1, 0.15) is 17.5 Å². The number of hydrogen-bond donors (Lipinski definition) is 3. The van der Waals surface area contributed by atoms with Gasteiger partial charge in [-0.05, 0) is 30.7 Å². The van der Waals surface area contributed by atoms with Gasteiger partial charge in [0.05, 0.1) is 0 Å². The molecule has 0 aliphatic carbocycles. The average molecular weight is 322 g/mol. The zero-order chi connectivity index (χ0) is 13.8. The Balaban J connectivity index is 2.29. The molecule has 6 heteroatoms. The number of hydrazine groups is 1. The van der Waals surface area contributed by atoms with E-state index in [0.717, 1.165) is 33.8 Å². The van der Waals surface area contributed by atoms with Crippen molar-refractivity contribution in [2.75, 3.05) is 10.7 Å². The van der Waals surface area contributed by atoms with Crippen LogP contribution in [0.1, 0.15) is 18.3 Å². The summed E-state index contributed by atoms with van der Waals surface area (Å²) in [6.07, 6.45) is 0.754. The Morgan fingerprint density at radius 2 is 1.95 bits per heavy atom. The van der Waals surface area contributed by atoms with E-state index in [9.17, 15) is 0 Å².